The molecule has 4 nitrogen and oxygen atoms in total. The molecule has 0 aliphatic carbocycles. The molecule has 3 N–H and O–H groups in total. The molecular formula is C15H24ClFN2O2. The highest BCUT2D eigenvalue weighted by molar-refractivity contribution is 5.85. The van der Waals surface area contributed by atoms with Crippen molar-refractivity contribution in [1.29, 1.82) is 0 Å². The summed E-state index contributed by atoms with van der Waals surface area (Å²) in [6.45, 7) is 5.97. The Kier molecular flexibility index (Phi) is 8.29. The average molecular weight is 319 g/mol. The van der Waals surface area contributed by atoms with E-state index >= 15 is 0 Å². The summed E-state index contributed by atoms with van der Waals surface area (Å²) in [5, 5.41) is 2.93. The van der Waals surface area contributed by atoms with Crippen molar-refractivity contribution in [2.75, 3.05) is 6.54 Å². The number of rotatable bonds is 7. The summed E-state index contributed by atoms with van der Waals surface area (Å²) in [4.78, 5) is 12.1. The van der Waals surface area contributed by atoms with Gasteiger partial charge in [0.1, 0.15) is 11.6 Å². The first-order chi connectivity index (χ1) is 9.46. The van der Waals surface area contributed by atoms with Crippen LogP contribution in [0.5, 0.6) is 5.75 Å². The topological polar surface area (TPSA) is 64.3 Å². The summed E-state index contributed by atoms with van der Waals surface area (Å²) in [5.74, 6) is -0.309. The van der Waals surface area contributed by atoms with E-state index in [2.05, 4.69) is 5.32 Å². The van der Waals surface area contributed by atoms with Gasteiger partial charge >= 0.3 is 0 Å². The van der Waals surface area contributed by atoms with Crippen molar-refractivity contribution in [3.8, 4) is 5.75 Å². The van der Waals surface area contributed by atoms with Crippen molar-refractivity contribution >= 4 is 18.3 Å². The molecule has 0 spiro atoms. The molecule has 120 valence electrons. The van der Waals surface area contributed by atoms with Crippen LogP contribution in [0, 0.1) is 5.82 Å². The summed E-state index contributed by atoms with van der Waals surface area (Å²) < 4.78 is 18.5. The third-order valence-corrected chi connectivity index (χ3v) is 3.61. The third kappa shape index (κ3) is 5.52. The van der Waals surface area contributed by atoms with E-state index in [-0.39, 0.29) is 18.3 Å². The first-order valence-corrected chi connectivity index (χ1v) is 6.90. The molecule has 0 fully saturated rings. The van der Waals surface area contributed by atoms with E-state index in [0.717, 1.165) is 12.8 Å². The van der Waals surface area contributed by atoms with Gasteiger partial charge in [-0.3, -0.25) is 4.79 Å². The number of hydrogen-bond acceptors (Lipinski definition) is 3. The molecule has 0 bridgehead atoms. The highest BCUT2D eigenvalue weighted by Crippen LogP contribution is 2.16. The van der Waals surface area contributed by atoms with E-state index in [9.17, 15) is 9.18 Å². The fourth-order valence-electron chi connectivity index (χ4n) is 1.93. The zero-order chi connectivity index (χ0) is 15.2. The Morgan fingerprint density at radius 3 is 2.52 bits per heavy atom. The largest absolute Gasteiger partial charge is 0.481 e. The Hall–Kier alpha value is -1.33. The maximum atomic E-state index is 13.1. The number of nitrogens with two attached hydrogens (primary N) is 1. The second-order valence-electron chi connectivity index (χ2n) is 4.90. The van der Waals surface area contributed by atoms with Crippen LogP contribution in [0.15, 0.2) is 24.3 Å². The van der Waals surface area contributed by atoms with Crippen molar-refractivity contribution in [2.24, 2.45) is 5.73 Å². The fourth-order valence-corrected chi connectivity index (χ4v) is 1.93. The molecule has 21 heavy (non-hydrogen) atoms. The molecule has 1 atom stereocenters. The minimum absolute atomic E-state index is 0. The van der Waals surface area contributed by atoms with Crippen LogP contribution in [0.25, 0.3) is 0 Å². The number of ether oxygens (including phenoxy) is 1. The summed E-state index contributed by atoms with van der Waals surface area (Å²) in [7, 11) is 0. The number of amides is 1. The smallest absolute Gasteiger partial charge is 0.261 e. The SMILES string of the molecule is CCC(CC)(CN)NC(=O)C(C)Oc1cccc(F)c1.Cl. The highest BCUT2D eigenvalue weighted by Gasteiger charge is 2.29. The predicted molar refractivity (Wildman–Crippen MR) is 84.2 cm³/mol. The third-order valence-electron chi connectivity index (χ3n) is 3.61. The van der Waals surface area contributed by atoms with Crippen LogP contribution in [0.1, 0.15) is 33.6 Å². The molecule has 0 saturated carbocycles. The second-order valence-corrected chi connectivity index (χ2v) is 4.90. The zero-order valence-corrected chi connectivity index (χ0v) is 13.5. The van der Waals surface area contributed by atoms with Crippen molar-refractivity contribution < 1.29 is 13.9 Å². The van der Waals surface area contributed by atoms with Crippen LogP contribution >= 0.6 is 12.4 Å². The molecule has 1 amide bonds. The maximum Gasteiger partial charge on any atom is 0.261 e. The lowest BCUT2D eigenvalue weighted by Crippen LogP contribution is -2.55. The summed E-state index contributed by atoms with van der Waals surface area (Å²) in [6.07, 6.45) is 0.789. The average Bonchev–Trinajstić information content (AvgIpc) is 2.44. The molecule has 0 aliphatic rings. The molecule has 0 heterocycles. The lowest BCUT2D eigenvalue weighted by atomic mass is 9.92. The Morgan fingerprint density at radius 1 is 1.43 bits per heavy atom. The maximum absolute atomic E-state index is 13.1. The normalized spacial score (nSPS) is 12.2. The van der Waals surface area contributed by atoms with Crippen LogP contribution < -0.4 is 15.8 Å². The van der Waals surface area contributed by atoms with Gasteiger partial charge in [-0.05, 0) is 31.9 Å². The Balaban J connectivity index is 0.00000400. The minimum atomic E-state index is -0.708. The van der Waals surface area contributed by atoms with Crippen molar-refractivity contribution in [2.45, 2.75) is 45.3 Å². The van der Waals surface area contributed by atoms with E-state index in [4.69, 9.17) is 10.5 Å². The molecular weight excluding hydrogens is 295 g/mol. The number of halogens is 2. The Bertz CT molecular complexity index is 445. The second kappa shape index (κ2) is 8.85. The van der Waals surface area contributed by atoms with Gasteiger partial charge in [-0.1, -0.05) is 19.9 Å². The lowest BCUT2D eigenvalue weighted by Gasteiger charge is -2.32. The highest BCUT2D eigenvalue weighted by atomic mass is 35.5. The molecule has 0 aliphatic heterocycles. The number of nitrogens with one attached hydrogen (secondary N) is 1. The molecule has 1 aromatic rings. The summed E-state index contributed by atoms with van der Waals surface area (Å²) in [5.41, 5.74) is 5.34. The molecule has 0 aromatic heterocycles. The molecule has 0 saturated heterocycles. The van der Waals surface area contributed by atoms with E-state index in [1.807, 2.05) is 13.8 Å². The van der Waals surface area contributed by atoms with Gasteiger partial charge in [0, 0.05) is 12.6 Å². The van der Waals surface area contributed by atoms with E-state index in [0.29, 0.717) is 12.3 Å². The minimum Gasteiger partial charge on any atom is -0.481 e. The van der Waals surface area contributed by atoms with Gasteiger partial charge in [-0.15, -0.1) is 12.4 Å². The first-order valence-electron chi connectivity index (χ1n) is 6.90. The Labute approximate surface area is 131 Å². The van der Waals surface area contributed by atoms with Crippen LogP contribution in [0.3, 0.4) is 0 Å². The van der Waals surface area contributed by atoms with Crippen LogP contribution in [-0.4, -0.2) is 24.1 Å². The fraction of sp³-hybridized carbons (Fsp3) is 0.533. The number of hydrogen-bond donors (Lipinski definition) is 2. The quantitative estimate of drug-likeness (QED) is 0.812. The van der Waals surface area contributed by atoms with Gasteiger partial charge in [0.15, 0.2) is 6.10 Å². The van der Waals surface area contributed by atoms with Gasteiger partial charge in [-0.2, -0.15) is 0 Å². The molecule has 6 heteroatoms. The van der Waals surface area contributed by atoms with E-state index in [1.54, 1.807) is 13.0 Å². The lowest BCUT2D eigenvalue weighted by molar-refractivity contribution is -0.129. The number of carbonyl (C=O) groups excluding carboxylic acids is 1. The monoisotopic (exact) mass is 318 g/mol. The van der Waals surface area contributed by atoms with Crippen molar-refractivity contribution in [3.05, 3.63) is 30.1 Å². The Morgan fingerprint density at radius 2 is 2.05 bits per heavy atom. The zero-order valence-electron chi connectivity index (χ0n) is 12.7. The van der Waals surface area contributed by atoms with Gasteiger partial charge in [-0.25, -0.2) is 4.39 Å². The summed E-state index contributed by atoms with van der Waals surface area (Å²) in [6, 6.07) is 5.73. The van der Waals surface area contributed by atoms with Crippen molar-refractivity contribution in [1.82, 2.24) is 5.32 Å². The standard InChI is InChI=1S/C15H23FN2O2.ClH/c1-4-15(5-2,10-17)18-14(19)11(3)20-13-8-6-7-12(16)9-13;/h6-9,11H,4-5,10,17H2,1-3H3,(H,18,19);1H. The van der Waals surface area contributed by atoms with Crippen molar-refractivity contribution in [3.63, 3.8) is 0 Å². The molecule has 1 rings (SSSR count). The predicted octanol–water partition coefficient (Wildman–Crippen LogP) is 2.65. The van der Waals surface area contributed by atoms with Gasteiger partial charge in [0.25, 0.3) is 5.91 Å². The van der Waals surface area contributed by atoms with Gasteiger partial charge < -0.3 is 15.8 Å². The molecule has 1 unspecified atom stereocenters. The first kappa shape index (κ1) is 19.7. The van der Waals surface area contributed by atoms with Crippen LogP contribution in [0.2, 0.25) is 0 Å². The molecule has 0 radical (unpaired) electrons. The molecule has 1 aromatic carbocycles. The van der Waals surface area contributed by atoms with E-state index < -0.39 is 17.5 Å². The number of benzene rings is 1. The number of carbonyl (C=O) groups is 1. The van der Waals surface area contributed by atoms with Gasteiger partial charge in [0.2, 0.25) is 0 Å². The van der Waals surface area contributed by atoms with E-state index in [1.165, 1.54) is 18.2 Å². The van der Waals surface area contributed by atoms with Crippen LogP contribution in [0.4, 0.5) is 4.39 Å². The van der Waals surface area contributed by atoms with Crippen LogP contribution in [-0.2, 0) is 4.79 Å². The summed E-state index contributed by atoms with van der Waals surface area (Å²) >= 11 is 0. The van der Waals surface area contributed by atoms with Gasteiger partial charge in [0.05, 0.1) is 5.54 Å².